The number of nitrogens with one attached hydrogen (secondary N) is 1. The third kappa shape index (κ3) is 4.86. The Morgan fingerprint density at radius 1 is 0.812 bits per heavy atom. The van der Waals surface area contributed by atoms with Gasteiger partial charge in [-0.15, -0.1) is 0 Å². The van der Waals surface area contributed by atoms with Crippen molar-refractivity contribution in [3.63, 3.8) is 0 Å². The zero-order valence-electron chi connectivity index (χ0n) is 12.4. The van der Waals surface area contributed by atoms with Crippen LogP contribution in [0.1, 0.15) is 62.3 Å². The fourth-order valence-electron chi connectivity index (χ4n) is 1.99. The molecular weight excluding hydrogens is 200 g/mol. The van der Waals surface area contributed by atoms with Crippen LogP contribution in [0.2, 0.25) is 0 Å². The molecule has 0 aromatic carbocycles. The second-order valence-corrected chi connectivity index (χ2v) is 7.36. The van der Waals surface area contributed by atoms with E-state index in [1.54, 1.807) is 0 Å². The first-order valence-corrected chi connectivity index (χ1v) is 5.87. The van der Waals surface area contributed by atoms with Crippen LogP contribution in [0.5, 0.6) is 0 Å². The van der Waals surface area contributed by atoms with Gasteiger partial charge in [0, 0.05) is 16.6 Å². The van der Waals surface area contributed by atoms with E-state index in [1.807, 2.05) is 25.7 Å². The quantitative estimate of drug-likeness (QED) is 0.677. The maximum atomic E-state index is 12.3. The Hall–Kier alpha value is -0.730. The Bertz CT molecular complexity index is 237. The van der Waals surface area contributed by atoms with Gasteiger partial charge in [-0.1, -0.05) is 0 Å². The van der Waals surface area contributed by atoms with Crippen LogP contribution in [0, 0.1) is 0 Å². The highest BCUT2D eigenvalue weighted by Crippen LogP contribution is 2.25. The van der Waals surface area contributed by atoms with E-state index in [0.29, 0.717) is 0 Å². The summed E-state index contributed by atoms with van der Waals surface area (Å²) in [5.41, 5.74) is -0.576. The molecule has 3 heteroatoms. The number of urea groups is 1. The van der Waals surface area contributed by atoms with E-state index in [-0.39, 0.29) is 22.6 Å². The first-order chi connectivity index (χ1) is 6.75. The van der Waals surface area contributed by atoms with Crippen molar-refractivity contribution in [2.24, 2.45) is 0 Å². The smallest absolute Gasteiger partial charge is 0.318 e. The number of nitrogens with zero attached hydrogens (tertiary/aromatic N) is 1. The maximum Gasteiger partial charge on any atom is 0.318 e. The highest BCUT2D eigenvalue weighted by molar-refractivity contribution is 5.76. The van der Waals surface area contributed by atoms with Crippen molar-refractivity contribution in [1.82, 2.24) is 10.2 Å². The summed E-state index contributed by atoms with van der Waals surface area (Å²) >= 11 is 0. The summed E-state index contributed by atoms with van der Waals surface area (Å²) in [7, 11) is 0. The van der Waals surface area contributed by atoms with Gasteiger partial charge in [0.25, 0.3) is 0 Å². The highest BCUT2D eigenvalue weighted by atomic mass is 16.2. The van der Waals surface area contributed by atoms with Crippen LogP contribution in [-0.4, -0.2) is 27.5 Å². The summed E-state index contributed by atoms with van der Waals surface area (Å²) in [6.07, 6.45) is 0. The SMILES string of the molecule is CC(C)(C)NC(=O)N(C(C)(C)C)C(C)(C)C. The minimum atomic E-state index is -0.203. The van der Waals surface area contributed by atoms with Crippen molar-refractivity contribution in [2.75, 3.05) is 0 Å². The van der Waals surface area contributed by atoms with E-state index in [4.69, 9.17) is 0 Å². The lowest BCUT2D eigenvalue weighted by molar-refractivity contribution is 0.0700. The summed E-state index contributed by atoms with van der Waals surface area (Å²) in [6.45, 7) is 18.3. The minimum Gasteiger partial charge on any atom is -0.333 e. The first kappa shape index (κ1) is 15.3. The molecule has 0 fully saturated rings. The van der Waals surface area contributed by atoms with Gasteiger partial charge in [-0.25, -0.2) is 4.79 Å². The molecule has 0 saturated heterocycles. The third-order valence-electron chi connectivity index (χ3n) is 2.03. The molecule has 0 radical (unpaired) electrons. The fourth-order valence-corrected chi connectivity index (χ4v) is 1.99. The van der Waals surface area contributed by atoms with Crippen molar-refractivity contribution in [2.45, 2.75) is 78.9 Å². The van der Waals surface area contributed by atoms with Gasteiger partial charge in [0.1, 0.15) is 0 Å². The average molecular weight is 228 g/mol. The van der Waals surface area contributed by atoms with E-state index in [2.05, 4.69) is 46.9 Å². The van der Waals surface area contributed by atoms with Crippen LogP contribution in [0.25, 0.3) is 0 Å². The predicted molar refractivity (Wildman–Crippen MR) is 69.6 cm³/mol. The van der Waals surface area contributed by atoms with Gasteiger partial charge in [0.2, 0.25) is 0 Å². The maximum absolute atomic E-state index is 12.3. The number of carbonyl (C=O) groups is 1. The van der Waals surface area contributed by atoms with Crippen LogP contribution < -0.4 is 5.32 Å². The largest absolute Gasteiger partial charge is 0.333 e. The van der Waals surface area contributed by atoms with Crippen molar-refractivity contribution in [3.8, 4) is 0 Å². The number of hydrogen-bond donors (Lipinski definition) is 1. The molecule has 0 bridgehead atoms. The van der Waals surface area contributed by atoms with Gasteiger partial charge in [0.05, 0.1) is 0 Å². The van der Waals surface area contributed by atoms with Crippen molar-refractivity contribution < 1.29 is 4.79 Å². The van der Waals surface area contributed by atoms with Gasteiger partial charge < -0.3 is 10.2 Å². The summed E-state index contributed by atoms with van der Waals surface area (Å²) < 4.78 is 0. The monoisotopic (exact) mass is 228 g/mol. The zero-order valence-corrected chi connectivity index (χ0v) is 12.4. The normalized spacial score (nSPS) is 13.6. The van der Waals surface area contributed by atoms with Crippen LogP contribution in [0.3, 0.4) is 0 Å². The van der Waals surface area contributed by atoms with Crippen molar-refractivity contribution in [3.05, 3.63) is 0 Å². The standard InChI is InChI=1S/C13H28N2O/c1-11(2,3)14-10(16)15(12(4,5)6)13(7,8)9/h1-9H3,(H,14,16). The Labute approximate surface area is 101 Å². The van der Waals surface area contributed by atoms with Gasteiger partial charge in [-0.05, 0) is 62.3 Å². The van der Waals surface area contributed by atoms with Crippen LogP contribution in [0.15, 0.2) is 0 Å². The van der Waals surface area contributed by atoms with E-state index in [0.717, 1.165) is 0 Å². The molecule has 1 N–H and O–H groups in total. The number of hydrogen-bond acceptors (Lipinski definition) is 1. The molecule has 0 spiro atoms. The van der Waals surface area contributed by atoms with Crippen LogP contribution >= 0.6 is 0 Å². The highest BCUT2D eigenvalue weighted by Gasteiger charge is 2.36. The molecule has 0 rings (SSSR count). The topological polar surface area (TPSA) is 32.3 Å². The Morgan fingerprint density at radius 3 is 1.31 bits per heavy atom. The second kappa shape index (κ2) is 4.27. The molecular formula is C13H28N2O. The Balaban J connectivity index is 5.03. The van der Waals surface area contributed by atoms with Crippen molar-refractivity contribution >= 4 is 6.03 Å². The first-order valence-electron chi connectivity index (χ1n) is 5.87. The lowest BCUT2D eigenvalue weighted by Crippen LogP contribution is -2.61. The molecule has 0 aromatic heterocycles. The summed E-state index contributed by atoms with van der Waals surface area (Å²) in [4.78, 5) is 14.2. The molecule has 3 nitrogen and oxygen atoms in total. The van der Waals surface area contributed by atoms with Gasteiger partial charge in [-0.3, -0.25) is 0 Å². The molecule has 0 aliphatic carbocycles. The molecule has 0 saturated carbocycles. The van der Waals surface area contributed by atoms with E-state index in [9.17, 15) is 4.79 Å². The summed E-state index contributed by atoms with van der Waals surface area (Å²) in [5, 5.41) is 3.02. The molecule has 16 heavy (non-hydrogen) atoms. The van der Waals surface area contributed by atoms with Crippen LogP contribution in [-0.2, 0) is 0 Å². The predicted octanol–water partition coefficient (Wildman–Crippen LogP) is 3.39. The Morgan fingerprint density at radius 2 is 1.12 bits per heavy atom. The van der Waals surface area contributed by atoms with Gasteiger partial charge in [-0.2, -0.15) is 0 Å². The van der Waals surface area contributed by atoms with Crippen molar-refractivity contribution in [1.29, 1.82) is 0 Å². The molecule has 0 atom stereocenters. The number of carbonyl (C=O) groups excluding carboxylic acids is 1. The second-order valence-electron chi connectivity index (χ2n) is 7.36. The zero-order chi connectivity index (χ0) is 13.4. The fraction of sp³-hybridized carbons (Fsp3) is 0.923. The average Bonchev–Trinajstić information content (AvgIpc) is 1.70. The third-order valence-corrected chi connectivity index (χ3v) is 2.03. The van der Waals surface area contributed by atoms with Crippen LogP contribution in [0.4, 0.5) is 4.79 Å². The minimum absolute atomic E-state index is 0.00694. The molecule has 0 aliphatic heterocycles. The van der Waals surface area contributed by atoms with Gasteiger partial charge >= 0.3 is 6.03 Å². The lowest BCUT2D eigenvalue weighted by atomic mass is 9.96. The molecule has 96 valence electrons. The molecule has 0 aromatic rings. The Kier molecular flexibility index (Phi) is 4.07. The number of amides is 2. The van der Waals surface area contributed by atoms with E-state index >= 15 is 0 Å². The molecule has 0 aliphatic rings. The van der Waals surface area contributed by atoms with E-state index < -0.39 is 0 Å². The van der Waals surface area contributed by atoms with Gasteiger partial charge in [0.15, 0.2) is 0 Å². The van der Waals surface area contributed by atoms with E-state index in [1.165, 1.54) is 0 Å². The summed E-state index contributed by atoms with van der Waals surface area (Å²) in [5.74, 6) is 0. The summed E-state index contributed by atoms with van der Waals surface area (Å²) in [6, 6.07) is -0.00694. The molecule has 0 unspecified atom stereocenters. The number of rotatable bonds is 0. The molecule has 2 amide bonds. The lowest BCUT2D eigenvalue weighted by Gasteiger charge is -2.46. The molecule has 0 heterocycles.